The van der Waals surface area contributed by atoms with Crippen LogP contribution in [0, 0.1) is 12.8 Å². The van der Waals surface area contributed by atoms with Crippen LogP contribution < -0.4 is 5.32 Å². The lowest BCUT2D eigenvalue weighted by molar-refractivity contribution is 0.615. The van der Waals surface area contributed by atoms with E-state index in [1.165, 1.54) is 36.1 Å². The third-order valence-electron chi connectivity index (χ3n) is 3.70. The zero-order chi connectivity index (χ0) is 11.5. The fourth-order valence-electron chi connectivity index (χ4n) is 2.47. The van der Waals surface area contributed by atoms with Crippen molar-refractivity contribution in [3.63, 3.8) is 0 Å². The molecule has 0 aliphatic heterocycles. The molecule has 1 N–H and O–H groups in total. The standard InChI is InChI=1S/C15H23N/c1-4-12-8-6-7-11(3)15(12)16-14(5-2)13-9-10-13/h6-8,13-14,16H,4-5,9-10H2,1-3H3. The van der Waals surface area contributed by atoms with E-state index in [1.807, 2.05) is 0 Å². The molecule has 16 heavy (non-hydrogen) atoms. The summed E-state index contributed by atoms with van der Waals surface area (Å²) in [7, 11) is 0. The summed E-state index contributed by atoms with van der Waals surface area (Å²) in [5, 5.41) is 3.78. The molecule has 0 amide bonds. The summed E-state index contributed by atoms with van der Waals surface area (Å²) in [5.74, 6) is 0.925. The molecule has 1 nitrogen and oxygen atoms in total. The topological polar surface area (TPSA) is 12.0 Å². The number of benzene rings is 1. The van der Waals surface area contributed by atoms with Crippen molar-refractivity contribution in [3.05, 3.63) is 29.3 Å². The molecule has 1 unspecified atom stereocenters. The van der Waals surface area contributed by atoms with Crippen LogP contribution >= 0.6 is 0 Å². The van der Waals surface area contributed by atoms with Gasteiger partial charge in [0.15, 0.2) is 0 Å². The van der Waals surface area contributed by atoms with E-state index in [1.54, 1.807) is 0 Å². The van der Waals surface area contributed by atoms with Gasteiger partial charge in [-0.05, 0) is 49.7 Å². The van der Waals surface area contributed by atoms with Crippen LogP contribution in [0.25, 0.3) is 0 Å². The van der Waals surface area contributed by atoms with Crippen LogP contribution in [0.15, 0.2) is 18.2 Å². The van der Waals surface area contributed by atoms with E-state index in [4.69, 9.17) is 0 Å². The van der Waals surface area contributed by atoms with Gasteiger partial charge in [0.25, 0.3) is 0 Å². The summed E-state index contributed by atoms with van der Waals surface area (Å²) in [5.41, 5.74) is 4.24. The number of hydrogen-bond acceptors (Lipinski definition) is 1. The van der Waals surface area contributed by atoms with Gasteiger partial charge in [-0.1, -0.05) is 32.0 Å². The average molecular weight is 217 g/mol. The Kier molecular flexibility index (Phi) is 3.52. The highest BCUT2D eigenvalue weighted by Crippen LogP contribution is 2.36. The smallest absolute Gasteiger partial charge is 0.0404 e. The molecular weight excluding hydrogens is 194 g/mol. The summed E-state index contributed by atoms with van der Waals surface area (Å²) in [4.78, 5) is 0. The van der Waals surface area contributed by atoms with Crippen molar-refractivity contribution in [2.45, 2.75) is 52.5 Å². The molecule has 1 fully saturated rings. The van der Waals surface area contributed by atoms with Crippen LogP contribution in [0.4, 0.5) is 5.69 Å². The molecule has 1 aliphatic rings. The minimum absolute atomic E-state index is 0.686. The summed E-state index contributed by atoms with van der Waals surface area (Å²) >= 11 is 0. The second-order valence-electron chi connectivity index (χ2n) is 4.96. The zero-order valence-electron chi connectivity index (χ0n) is 10.7. The van der Waals surface area contributed by atoms with Gasteiger partial charge >= 0.3 is 0 Å². The number of rotatable bonds is 5. The summed E-state index contributed by atoms with van der Waals surface area (Å²) in [6.45, 7) is 6.74. The highest BCUT2D eigenvalue weighted by Gasteiger charge is 2.30. The normalized spacial score (nSPS) is 17.2. The van der Waals surface area contributed by atoms with Gasteiger partial charge in [-0.15, -0.1) is 0 Å². The van der Waals surface area contributed by atoms with E-state index in [2.05, 4.69) is 44.3 Å². The minimum atomic E-state index is 0.686. The first kappa shape index (κ1) is 11.5. The zero-order valence-corrected chi connectivity index (χ0v) is 10.7. The first-order valence-electron chi connectivity index (χ1n) is 6.61. The van der Waals surface area contributed by atoms with Crippen molar-refractivity contribution in [3.8, 4) is 0 Å². The second kappa shape index (κ2) is 4.90. The van der Waals surface area contributed by atoms with Crippen molar-refractivity contribution >= 4 is 5.69 Å². The number of para-hydroxylation sites is 1. The number of aryl methyl sites for hydroxylation is 2. The molecular formula is C15H23N. The first-order chi connectivity index (χ1) is 7.76. The summed E-state index contributed by atoms with van der Waals surface area (Å²) < 4.78 is 0. The number of anilines is 1. The van der Waals surface area contributed by atoms with E-state index in [0.29, 0.717) is 6.04 Å². The van der Waals surface area contributed by atoms with Crippen LogP contribution in [-0.2, 0) is 6.42 Å². The van der Waals surface area contributed by atoms with E-state index >= 15 is 0 Å². The molecule has 1 aliphatic carbocycles. The number of nitrogens with one attached hydrogen (secondary N) is 1. The third-order valence-corrected chi connectivity index (χ3v) is 3.70. The lowest BCUT2D eigenvalue weighted by Gasteiger charge is -2.21. The quantitative estimate of drug-likeness (QED) is 0.781. The summed E-state index contributed by atoms with van der Waals surface area (Å²) in [6.07, 6.45) is 5.19. The van der Waals surface area contributed by atoms with Crippen molar-refractivity contribution < 1.29 is 0 Å². The minimum Gasteiger partial charge on any atom is -0.382 e. The molecule has 1 heteroatoms. The van der Waals surface area contributed by atoms with Gasteiger partial charge in [0, 0.05) is 11.7 Å². The average Bonchev–Trinajstić information content (AvgIpc) is 3.11. The van der Waals surface area contributed by atoms with Gasteiger partial charge < -0.3 is 5.32 Å². The predicted octanol–water partition coefficient (Wildman–Crippen LogP) is 4.16. The monoisotopic (exact) mass is 217 g/mol. The van der Waals surface area contributed by atoms with E-state index in [-0.39, 0.29) is 0 Å². The Morgan fingerprint density at radius 3 is 2.62 bits per heavy atom. The van der Waals surface area contributed by atoms with Gasteiger partial charge in [-0.3, -0.25) is 0 Å². The Balaban J connectivity index is 2.18. The SMILES string of the molecule is CCc1cccc(C)c1NC(CC)C1CC1. The van der Waals surface area contributed by atoms with Gasteiger partial charge in [0.2, 0.25) is 0 Å². The third kappa shape index (κ3) is 2.40. The maximum Gasteiger partial charge on any atom is 0.0404 e. The summed E-state index contributed by atoms with van der Waals surface area (Å²) in [6, 6.07) is 7.31. The lowest BCUT2D eigenvalue weighted by atomic mass is 10.0. The molecule has 0 spiro atoms. The Morgan fingerprint density at radius 2 is 2.06 bits per heavy atom. The molecule has 0 radical (unpaired) electrons. The largest absolute Gasteiger partial charge is 0.382 e. The molecule has 1 aromatic carbocycles. The second-order valence-corrected chi connectivity index (χ2v) is 4.96. The van der Waals surface area contributed by atoms with Gasteiger partial charge in [0.05, 0.1) is 0 Å². The predicted molar refractivity (Wildman–Crippen MR) is 71.0 cm³/mol. The highest BCUT2D eigenvalue weighted by atomic mass is 14.9. The lowest BCUT2D eigenvalue weighted by Crippen LogP contribution is -2.22. The van der Waals surface area contributed by atoms with Crippen LogP contribution in [0.3, 0.4) is 0 Å². The molecule has 2 rings (SSSR count). The molecule has 0 heterocycles. The Labute approximate surface area is 99.3 Å². The van der Waals surface area contributed by atoms with Crippen LogP contribution in [0.2, 0.25) is 0 Å². The molecule has 1 atom stereocenters. The highest BCUT2D eigenvalue weighted by molar-refractivity contribution is 5.58. The van der Waals surface area contributed by atoms with Crippen molar-refractivity contribution in [1.82, 2.24) is 0 Å². The van der Waals surface area contributed by atoms with Crippen LogP contribution in [-0.4, -0.2) is 6.04 Å². The molecule has 0 saturated heterocycles. The van der Waals surface area contributed by atoms with E-state index < -0.39 is 0 Å². The van der Waals surface area contributed by atoms with E-state index in [9.17, 15) is 0 Å². The van der Waals surface area contributed by atoms with Crippen LogP contribution in [0.1, 0.15) is 44.2 Å². The first-order valence-corrected chi connectivity index (χ1v) is 6.61. The van der Waals surface area contributed by atoms with Crippen molar-refractivity contribution in [2.24, 2.45) is 5.92 Å². The van der Waals surface area contributed by atoms with Crippen molar-refractivity contribution in [1.29, 1.82) is 0 Å². The molecule has 0 aromatic heterocycles. The fourth-order valence-corrected chi connectivity index (χ4v) is 2.47. The number of hydrogen-bond donors (Lipinski definition) is 1. The Hall–Kier alpha value is -0.980. The fraction of sp³-hybridized carbons (Fsp3) is 0.600. The molecule has 0 bridgehead atoms. The maximum atomic E-state index is 3.78. The van der Waals surface area contributed by atoms with Gasteiger partial charge in [-0.2, -0.15) is 0 Å². The maximum absolute atomic E-state index is 3.78. The molecule has 1 saturated carbocycles. The van der Waals surface area contributed by atoms with E-state index in [0.717, 1.165) is 12.3 Å². The Bertz CT molecular complexity index is 352. The van der Waals surface area contributed by atoms with Gasteiger partial charge in [-0.25, -0.2) is 0 Å². The Morgan fingerprint density at radius 1 is 1.31 bits per heavy atom. The van der Waals surface area contributed by atoms with Crippen LogP contribution in [0.5, 0.6) is 0 Å². The molecule has 88 valence electrons. The van der Waals surface area contributed by atoms with Gasteiger partial charge in [0.1, 0.15) is 0 Å². The van der Waals surface area contributed by atoms with Crippen molar-refractivity contribution in [2.75, 3.05) is 5.32 Å². The molecule has 1 aromatic rings.